The molecule has 0 radical (unpaired) electrons. The fraction of sp³-hybridized carbons (Fsp3) is 0.308. The molecule has 96 valence electrons. The molecular formula is C13H17N3OS. The van der Waals surface area contributed by atoms with E-state index in [1.54, 1.807) is 22.6 Å². The van der Waals surface area contributed by atoms with E-state index >= 15 is 0 Å². The molecule has 2 N–H and O–H groups in total. The maximum absolute atomic E-state index is 5.87. The Hall–Kier alpha value is -1.46. The molecule has 0 saturated heterocycles. The van der Waals surface area contributed by atoms with Gasteiger partial charge in [-0.2, -0.15) is 5.10 Å². The molecule has 1 aromatic heterocycles. The summed E-state index contributed by atoms with van der Waals surface area (Å²) < 4.78 is 7.62. The Balaban J connectivity index is 2.10. The van der Waals surface area contributed by atoms with Crippen LogP contribution in [0.1, 0.15) is 11.7 Å². The van der Waals surface area contributed by atoms with Crippen molar-refractivity contribution < 1.29 is 4.74 Å². The predicted molar refractivity (Wildman–Crippen MR) is 73.9 cm³/mol. The maximum Gasteiger partial charge on any atom is 0.139 e. The number of nitrogens with two attached hydrogens (primary N) is 1. The Bertz CT molecular complexity index is 495. The summed E-state index contributed by atoms with van der Waals surface area (Å²) in [5.74, 6) is 0.826. The van der Waals surface area contributed by atoms with Gasteiger partial charge in [0.25, 0.3) is 0 Å². The van der Waals surface area contributed by atoms with Crippen molar-refractivity contribution in [3.8, 4) is 5.75 Å². The van der Waals surface area contributed by atoms with E-state index < -0.39 is 0 Å². The van der Waals surface area contributed by atoms with Crippen molar-refractivity contribution in [2.24, 2.45) is 12.8 Å². The van der Waals surface area contributed by atoms with Gasteiger partial charge in [-0.05, 0) is 30.5 Å². The second-order valence-electron chi connectivity index (χ2n) is 3.97. The van der Waals surface area contributed by atoms with Crippen LogP contribution in [0, 0.1) is 0 Å². The first-order valence-corrected chi connectivity index (χ1v) is 6.94. The van der Waals surface area contributed by atoms with E-state index in [0.717, 1.165) is 11.3 Å². The second kappa shape index (κ2) is 5.93. The van der Waals surface area contributed by atoms with Gasteiger partial charge in [-0.15, -0.1) is 11.8 Å². The van der Waals surface area contributed by atoms with E-state index in [2.05, 4.69) is 5.10 Å². The maximum atomic E-state index is 5.87. The van der Waals surface area contributed by atoms with Gasteiger partial charge in [-0.1, -0.05) is 0 Å². The molecule has 0 spiro atoms. The lowest BCUT2D eigenvalue weighted by Gasteiger charge is -2.16. The number of aryl methyl sites for hydroxylation is 1. The number of aromatic nitrogens is 2. The highest BCUT2D eigenvalue weighted by Crippen LogP contribution is 2.23. The Morgan fingerprint density at radius 2 is 2.11 bits per heavy atom. The van der Waals surface area contributed by atoms with E-state index in [0.29, 0.717) is 6.54 Å². The highest BCUT2D eigenvalue weighted by molar-refractivity contribution is 7.98. The summed E-state index contributed by atoms with van der Waals surface area (Å²) in [4.78, 5) is 1.22. The number of benzene rings is 1. The second-order valence-corrected chi connectivity index (χ2v) is 4.84. The molecule has 4 nitrogen and oxygen atoms in total. The third-order valence-corrected chi connectivity index (χ3v) is 3.39. The first-order valence-electron chi connectivity index (χ1n) is 5.72. The van der Waals surface area contributed by atoms with Crippen LogP contribution in [-0.2, 0) is 7.05 Å². The number of thioether (sulfide) groups is 1. The molecule has 1 aromatic carbocycles. The zero-order chi connectivity index (χ0) is 13.0. The van der Waals surface area contributed by atoms with Gasteiger partial charge < -0.3 is 10.5 Å². The molecule has 0 aliphatic heterocycles. The number of nitrogens with zero attached hydrogens (tertiary/aromatic N) is 2. The lowest BCUT2D eigenvalue weighted by atomic mass is 10.2. The fourth-order valence-corrected chi connectivity index (χ4v) is 2.09. The zero-order valence-electron chi connectivity index (χ0n) is 10.5. The number of hydrogen-bond acceptors (Lipinski definition) is 4. The van der Waals surface area contributed by atoms with Crippen LogP contribution in [0.15, 0.2) is 41.6 Å². The first kappa shape index (κ1) is 13.0. The molecule has 0 amide bonds. The summed E-state index contributed by atoms with van der Waals surface area (Å²) in [5, 5.41) is 4.13. The van der Waals surface area contributed by atoms with Gasteiger partial charge in [0.15, 0.2) is 0 Å². The van der Waals surface area contributed by atoms with Crippen molar-refractivity contribution in [3.63, 3.8) is 0 Å². The molecular weight excluding hydrogens is 246 g/mol. The molecule has 2 rings (SSSR count). The number of hydrogen-bond donors (Lipinski definition) is 1. The van der Waals surface area contributed by atoms with Crippen molar-refractivity contribution in [1.82, 2.24) is 9.78 Å². The molecule has 18 heavy (non-hydrogen) atoms. The SMILES string of the molecule is CSc1ccc(OC(CN)c2cnn(C)c2)cc1. The lowest BCUT2D eigenvalue weighted by molar-refractivity contribution is 0.214. The molecule has 5 heteroatoms. The van der Waals surface area contributed by atoms with Crippen LogP contribution >= 0.6 is 11.8 Å². The predicted octanol–water partition coefficient (Wildman–Crippen LogP) is 2.22. The summed E-state index contributed by atoms with van der Waals surface area (Å²) in [7, 11) is 1.88. The third kappa shape index (κ3) is 3.05. The quantitative estimate of drug-likeness (QED) is 0.840. The summed E-state index contributed by atoms with van der Waals surface area (Å²) >= 11 is 1.71. The van der Waals surface area contributed by atoms with E-state index in [1.165, 1.54) is 4.90 Å². The Morgan fingerprint density at radius 3 is 2.61 bits per heavy atom. The standard InChI is InChI=1S/C13H17N3OS/c1-16-9-10(8-15-16)13(7-14)17-11-3-5-12(18-2)6-4-11/h3-6,8-9,13H,7,14H2,1-2H3. The summed E-state index contributed by atoms with van der Waals surface area (Å²) in [6, 6.07) is 8.00. The van der Waals surface area contributed by atoms with E-state index in [-0.39, 0.29) is 6.10 Å². The monoisotopic (exact) mass is 263 g/mol. The lowest BCUT2D eigenvalue weighted by Crippen LogP contribution is -2.18. The number of ether oxygens (including phenoxy) is 1. The van der Waals surface area contributed by atoms with Crippen LogP contribution in [0.4, 0.5) is 0 Å². The summed E-state index contributed by atoms with van der Waals surface area (Å²) in [6.45, 7) is 0.427. The molecule has 0 aliphatic carbocycles. The van der Waals surface area contributed by atoms with E-state index in [4.69, 9.17) is 10.5 Å². The molecule has 2 aromatic rings. The largest absolute Gasteiger partial charge is 0.484 e. The van der Waals surface area contributed by atoms with Gasteiger partial charge in [0.05, 0.1) is 6.20 Å². The van der Waals surface area contributed by atoms with Gasteiger partial charge in [0, 0.05) is 30.2 Å². The van der Waals surface area contributed by atoms with Gasteiger partial charge in [0.2, 0.25) is 0 Å². The van der Waals surface area contributed by atoms with Crippen LogP contribution in [-0.4, -0.2) is 22.6 Å². The van der Waals surface area contributed by atoms with Crippen molar-refractivity contribution in [1.29, 1.82) is 0 Å². The molecule has 0 saturated carbocycles. The summed E-state index contributed by atoms with van der Waals surface area (Å²) in [5.41, 5.74) is 6.75. The van der Waals surface area contributed by atoms with Gasteiger partial charge in [-0.3, -0.25) is 4.68 Å². The molecule has 1 unspecified atom stereocenters. The van der Waals surface area contributed by atoms with Crippen LogP contribution < -0.4 is 10.5 Å². The zero-order valence-corrected chi connectivity index (χ0v) is 11.4. The van der Waals surface area contributed by atoms with Crippen molar-refractivity contribution >= 4 is 11.8 Å². The normalized spacial score (nSPS) is 12.4. The minimum Gasteiger partial charge on any atom is -0.484 e. The van der Waals surface area contributed by atoms with Gasteiger partial charge in [-0.25, -0.2) is 0 Å². The fourth-order valence-electron chi connectivity index (χ4n) is 1.68. The molecule has 0 bridgehead atoms. The third-order valence-electron chi connectivity index (χ3n) is 2.65. The average Bonchev–Trinajstić information content (AvgIpc) is 2.83. The van der Waals surface area contributed by atoms with E-state index in [1.807, 2.05) is 43.8 Å². The van der Waals surface area contributed by atoms with Crippen LogP contribution in [0.3, 0.4) is 0 Å². The average molecular weight is 263 g/mol. The molecule has 0 fully saturated rings. The minimum absolute atomic E-state index is 0.154. The Kier molecular flexibility index (Phi) is 4.28. The molecule has 1 heterocycles. The van der Waals surface area contributed by atoms with Crippen molar-refractivity contribution in [2.75, 3.05) is 12.8 Å². The molecule has 0 aliphatic rings. The van der Waals surface area contributed by atoms with Gasteiger partial charge in [0.1, 0.15) is 11.9 Å². The van der Waals surface area contributed by atoms with Crippen LogP contribution in [0.5, 0.6) is 5.75 Å². The smallest absolute Gasteiger partial charge is 0.139 e. The Labute approximate surface area is 111 Å². The van der Waals surface area contributed by atoms with Crippen molar-refractivity contribution in [3.05, 3.63) is 42.2 Å². The minimum atomic E-state index is -0.154. The van der Waals surface area contributed by atoms with Crippen molar-refractivity contribution in [2.45, 2.75) is 11.0 Å². The Morgan fingerprint density at radius 1 is 1.39 bits per heavy atom. The highest BCUT2D eigenvalue weighted by atomic mass is 32.2. The first-order chi connectivity index (χ1) is 8.72. The topological polar surface area (TPSA) is 53.1 Å². The number of rotatable bonds is 5. The molecule has 1 atom stereocenters. The van der Waals surface area contributed by atoms with Crippen LogP contribution in [0.25, 0.3) is 0 Å². The highest BCUT2D eigenvalue weighted by Gasteiger charge is 2.13. The summed E-state index contributed by atoms with van der Waals surface area (Å²) in [6.07, 6.45) is 5.61. The van der Waals surface area contributed by atoms with E-state index in [9.17, 15) is 0 Å². The van der Waals surface area contributed by atoms with Crippen LogP contribution in [0.2, 0.25) is 0 Å². The van der Waals surface area contributed by atoms with Gasteiger partial charge >= 0.3 is 0 Å².